The van der Waals surface area contributed by atoms with Crippen LogP contribution in [-0.2, 0) is 32.8 Å². The zero-order chi connectivity index (χ0) is 29.1. The summed E-state index contributed by atoms with van der Waals surface area (Å²) in [4.78, 5) is 79.0. The predicted octanol–water partition coefficient (Wildman–Crippen LogP) is 0.729. The maximum Gasteiger partial charge on any atom is 0.287 e. The summed E-state index contributed by atoms with van der Waals surface area (Å²) in [6.07, 6.45) is 5.43. The predicted molar refractivity (Wildman–Crippen MR) is 147 cm³/mol. The van der Waals surface area contributed by atoms with Crippen molar-refractivity contribution >= 4 is 51.0 Å². The first kappa shape index (κ1) is 31.4. The van der Waals surface area contributed by atoms with Crippen molar-refractivity contribution in [2.45, 2.75) is 52.1 Å². The van der Waals surface area contributed by atoms with Crippen LogP contribution in [0.5, 0.6) is 0 Å². The number of aryl methyl sites for hydroxylation is 1. The highest BCUT2D eigenvalue weighted by atomic mass is 79.9. The third-order valence-corrected chi connectivity index (χ3v) is 6.61. The van der Waals surface area contributed by atoms with Crippen LogP contribution in [0.15, 0.2) is 34.1 Å². The van der Waals surface area contributed by atoms with E-state index in [1.54, 1.807) is 7.05 Å². The first-order valence-electron chi connectivity index (χ1n) is 12.5. The van der Waals surface area contributed by atoms with E-state index in [-0.39, 0.29) is 36.7 Å². The molecule has 4 amide bonds. The van der Waals surface area contributed by atoms with Gasteiger partial charge in [-0.1, -0.05) is 26.7 Å². The van der Waals surface area contributed by atoms with Gasteiger partial charge in [0, 0.05) is 37.7 Å². The van der Waals surface area contributed by atoms with E-state index < -0.39 is 35.1 Å². The number of hydrogen-bond donors (Lipinski definition) is 4. The van der Waals surface area contributed by atoms with Crippen molar-refractivity contribution in [2.24, 2.45) is 13.0 Å². The molecule has 2 heterocycles. The van der Waals surface area contributed by atoms with Gasteiger partial charge in [-0.25, -0.2) is 4.98 Å². The van der Waals surface area contributed by atoms with Crippen molar-refractivity contribution in [2.75, 3.05) is 18.9 Å². The second kappa shape index (κ2) is 15.0. The van der Waals surface area contributed by atoms with Gasteiger partial charge in [-0.15, -0.1) is 0 Å². The Balaban J connectivity index is 2.22. The van der Waals surface area contributed by atoms with Crippen LogP contribution < -0.4 is 26.8 Å². The fraction of sp³-hybridized carbons (Fsp3) is 0.480. The zero-order valence-corrected chi connectivity index (χ0v) is 24.0. The van der Waals surface area contributed by atoms with Gasteiger partial charge in [-0.05, 0) is 34.3 Å². The number of carbonyl (C=O) groups excluding carboxylic acids is 5. The molecule has 212 valence electrons. The van der Waals surface area contributed by atoms with E-state index in [9.17, 15) is 28.8 Å². The molecule has 0 saturated carbocycles. The molecule has 0 saturated heterocycles. The Morgan fingerprint density at radius 3 is 2.41 bits per heavy atom. The number of rotatable bonds is 14. The number of anilines is 1. The molecule has 0 aliphatic rings. The lowest BCUT2D eigenvalue weighted by molar-refractivity contribution is -0.137. The lowest BCUT2D eigenvalue weighted by atomic mass is 10.0. The monoisotopic (exact) mass is 607 g/mol. The van der Waals surface area contributed by atoms with Crippen LogP contribution in [0.1, 0.15) is 50.0 Å². The van der Waals surface area contributed by atoms with Crippen molar-refractivity contribution in [1.29, 1.82) is 0 Å². The number of nitrogens with one attached hydrogen (secondary N) is 4. The van der Waals surface area contributed by atoms with Crippen LogP contribution in [0, 0.1) is 5.92 Å². The maximum atomic E-state index is 13.2. The normalized spacial score (nSPS) is 11.5. The van der Waals surface area contributed by atoms with Gasteiger partial charge < -0.3 is 30.4 Å². The number of carbonyl (C=O) groups is 5. The second-order valence-electron chi connectivity index (χ2n) is 8.94. The molecule has 1 atom stereocenters. The number of imidazole rings is 1. The quantitative estimate of drug-likeness (QED) is 0.229. The lowest BCUT2D eigenvalue weighted by Gasteiger charge is -2.19. The minimum Gasteiger partial charge on any atom is -0.354 e. The molecule has 39 heavy (non-hydrogen) atoms. The number of halogens is 1. The SMILES string of the molecule is CCC(CC)CNC(=O)Cn1cc(Br)cc(NC(=O)[C@H](CCC(=O)C(=O)NC)NC(=O)c2cncn2C)c1=O. The molecule has 2 rings (SSSR count). The maximum absolute atomic E-state index is 13.2. The Morgan fingerprint density at radius 2 is 1.82 bits per heavy atom. The van der Waals surface area contributed by atoms with Gasteiger partial charge in [-0.2, -0.15) is 0 Å². The summed E-state index contributed by atoms with van der Waals surface area (Å²) in [6, 6.07) is 0.102. The number of Topliss-reactive ketones (excluding diaryl/α,β-unsaturated/α-hetero) is 1. The van der Waals surface area contributed by atoms with Gasteiger partial charge in [0.15, 0.2) is 0 Å². The number of pyridine rings is 1. The fourth-order valence-corrected chi connectivity index (χ4v) is 4.15. The highest BCUT2D eigenvalue weighted by molar-refractivity contribution is 9.10. The topological polar surface area (TPSA) is 173 Å². The smallest absolute Gasteiger partial charge is 0.287 e. The molecule has 0 radical (unpaired) electrons. The number of nitrogens with zero attached hydrogens (tertiary/aromatic N) is 3. The molecule has 0 aliphatic heterocycles. The van der Waals surface area contributed by atoms with E-state index in [0.717, 1.165) is 17.4 Å². The highest BCUT2D eigenvalue weighted by Gasteiger charge is 2.26. The second-order valence-corrected chi connectivity index (χ2v) is 9.85. The molecule has 2 aromatic heterocycles. The average Bonchev–Trinajstić information content (AvgIpc) is 3.34. The number of amides is 4. The van der Waals surface area contributed by atoms with Crippen LogP contribution in [0.4, 0.5) is 5.69 Å². The summed E-state index contributed by atoms with van der Waals surface area (Å²) in [5.41, 5.74) is -0.614. The van der Waals surface area contributed by atoms with Gasteiger partial charge in [-0.3, -0.25) is 28.8 Å². The van der Waals surface area contributed by atoms with Crippen molar-refractivity contribution in [3.63, 3.8) is 0 Å². The number of likely N-dealkylation sites (N-methyl/N-ethyl adjacent to an activating group) is 1. The number of aromatic nitrogens is 3. The first-order chi connectivity index (χ1) is 18.5. The molecule has 0 aliphatic carbocycles. The molecule has 14 heteroatoms. The third kappa shape index (κ3) is 9.16. The van der Waals surface area contributed by atoms with E-state index in [4.69, 9.17) is 0 Å². The third-order valence-electron chi connectivity index (χ3n) is 6.18. The first-order valence-corrected chi connectivity index (χ1v) is 13.3. The number of hydrogen-bond acceptors (Lipinski definition) is 7. The molecular weight excluding hydrogens is 574 g/mol. The fourth-order valence-electron chi connectivity index (χ4n) is 3.68. The molecule has 0 fully saturated rings. The zero-order valence-electron chi connectivity index (χ0n) is 22.4. The van der Waals surface area contributed by atoms with Crippen molar-refractivity contribution in [3.8, 4) is 0 Å². The molecule has 4 N–H and O–H groups in total. The summed E-state index contributed by atoms with van der Waals surface area (Å²) in [5.74, 6) is -3.04. The Kier molecular flexibility index (Phi) is 12.0. The molecule has 0 unspecified atom stereocenters. The molecule has 0 bridgehead atoms. The Labute approximate surface area is 234 Å². The Morgan fingerprint density at radius 1 is 1.13 bits per heavy atom. The van der Waals surface area contributed by atoms with E-state index >= 15 is 0 Å². The highest BCUT2D eigenvalue weighted by Crippen LogP contribution is 2.14. The van der Waals surface area contributed by atoms with Crippen LogP contribution in [0.3, 0.4) is 0 Å². The lowest BCUT2D eigenvalue weighted by Crippen LogP contribution is -2.45. The van der Waals surface area contributed by atoms with Crippen molar-refractivity contribution in [1.82, 2.24) is 30.1 Å². The van der Waals surface area contributed by atoms with Gasteiger partial charge in [0.25, 0.3) is 17.4 Å². The Bertz CT molecular complexity index is 1270. The summed E-state index contributed by atoms with van der Waals surface area (Å²) in [7, 11) is 2.90. The van der Waals surface area contributed by atoms with Crippen LogP contribution in [0.25, 0.3) is 0 Å². The van der Waals surface area contributed by atoms with Crippen molar-refractivity contribution in [3.05, 3.63) is 45.3 Å². The number of ketones is 1. The van der Waals surface area contributed by atoms with E-state index in [0.29, 0.717) is 16.9 Å². The van der Waals surface area contributed by atoms with Gasteiger partial charge in [0.1, 0.15) is 24.0 Å². The van der Waals surface area contributed by atoms with Crippen LogP contribution in [0.2, 0.25) is 0 Å². The van der Waals surface area contributed by atoms with Gasteiger partial charge in [0.2, 0.25) is 17.6 Å². The summed E-state index contributed by atoms with van der Waals surface area (Å²) < 4.78 is 3.03. The average molecular weight is 608 g/mol. The van der Waals surface area contributed by atoms with E-state index in [2.05, 4.69) is 42.2 Å². The minimum absolute atomic E-state index is 0.139. The van der Waals surface area contributed by atoms with Gasteiger partial charge in [0.05, 0.1) is 12.5 Å². The van der Waals surface area contributed by atoms with E-state index in [1.807, 2.05) is 13.8 Å². The van der Waals surface area contributed by atoms with Crippen molar-refractivity contribution < 1.29 is 24.0 Å². The summed E-state index contributed by atoms with van der Waals surface area (Å²) in [6.45, 7) is 4.30. The van der Waals surface area contributed by atoms with Crippen LogP contribution in [-0.4, -0.2) is 63.2 Å². The summed E-state index contributed by atoms with van der Waals surface area (Å²) in [5, 5.41) is 10.0. The molecule has 2 aromatic rings. The molecular formula is C25H34BrN7O6. The minimum atomic E-state index is -1.27. The van der Waals surface area contributed by atoms with Crippen LogP contribution >= 0.6 is 15.9 Å². The largest absolute Gasteiger partial charge is 0.354 e. The molecule has 0 aromatic carbocycles. The van der Waals surface area contributed by atoms with Gasteiger partial charge >= 0.3 is 0 Å². The molecule has 0 spiro atoms. The Hall–Kier alpha value is -3.81. The standard InChI is InChI=1S/C25H34BrN7O6/c1-5-15(6-2)10-29-21(35)13-33-12-16(26)9-18(25(33)39)31-22(36)17(7-8-20(34)24(38)27-3)30-23(37)19-11-28-14-32(19)4/h9,11-12,14-15,17H,5-8,10,13H2,1-4H3,(H,27,38)(H,29,35)(H,30,37)(H,31,36)/t17-/m0/s1. The van der Waals surface area contributed by atoms with E-state index in [1.165, 1.54) is 36.4 Å². The molecule has 13 nitrogen and oxygen atoms in total. The summed E-state index contributed by atoms with van der Waals surface area (Å²) >= 11 is 3.29.